The third-order valence-electron chi connectivity index (χ3n) is 1.66. The summed E-state index contributed by atoms with van der Waals surface area (Å²) in [6.07, 6.45) is 9.25. The van der Waals surface area contributed by atoms with Crippen LogP contribution in [0.5, 0.6) is 0 Å². The molecule has 1 N–H and O–H groups in total. The van der Waals surface area contributed by atoms with Crippen molar-refractivity contribution < 1.29 is 9.53 Å². The molecule has 106 valence electrons. The molecule has 0 amide bonds. The molecule has 0 atom stereocenters. The van der Waals surface area contributed by atoms with E-state index in [9.17, 15) is 4.79 Å². The van der Waals surface area contributed by atoms with E-state index in [1.807, 2.05) is 31.2 Å². The van der Waals surface area contributed by atoms with E-state index in [-0.39, 0.29) is 12.5 Å². The zero-order chi connectivity index (χ0) is 15.1. The van der Waals surface area contributed by atoms with Crippen LogP contribution in [-0.2, 0) is 9.53 Å². The van der Waals surface area contributed by atoms with E-state index >= 15 is 0 Å². The van der Waals surface area contributed by atoms with Gasteiger partial charge in [0.25, 0.3) is 0 Å². The Morgan fingerprint density at radius 1 is 1.26 bits per heavy atom. The molecule has 0 radical (unpaired) electrons. The molecule has 0 aliphatic heterocycles. The first-order valence-corrected chi connectivity index (χ1v) is 6.82. The minimum absolute atomic E-state index is 0.217. The van der Waals surface area contributed by atoms with Gasteiger partial charge in [0, 0.05) is 4.90 Å². The molecule has 19 heavy (non-hydrogen) atoms. The molecule has 4 heteroatoms. The van der Waals surface area contributed by atoms with Crippen LogP contribution >= 0.6 is 11.9 Å². The van der Waals surface area contributed by atoms with Crippen LogP contribution in [0.3, 0.4) is 0 Å². The predicted octanol–water partition coefficient (Wildman–Crippen LogP) is 3.43. The Morgan fingerprint density at radius 2 is 1.74 bits per heavy atom. The van der Waals surface area contributed by atoms with E-state index in [4.69, 9.17) is 0 Å². The molecule has 1 rings (SSSR count). The van der Waals surface area contributed by atoms with Crippen molar-refractivity contribution in [3.63, 3.8) is 0 Å². The average molecular weight is 281 g/mol. The standard InChI is InChI=1S/C10H13NO2S.C3H8.C2H2/c1-8-3-5-9(6-4-8)14-11-7-10(12)13-2;1-3-2;1-2/h3-6,11H,7H2,1-2H3;3H2,1-2H3;1-2H. The van der Waals surface area contributed by atoms with Gasteiger partial charge in [-0.05, 0) is 31.0 Å². The number of hydrogen-bond donors (Lipinski definition) is 1. The summed E-state index contributed by atoms with van der Waals surface area (Å²) in [5.41, 5.74) is 1.22. The number of nitrogens with one attached hydrogen (secondary N) is 1. The van der Waals surface area contributed by atoms with Gasteiger partial charge in [-0.25, -0.2) is 4.72 Å². The minimum atomic E-state index is -0.260. The molecule has 0 unspecified atom stereocenters. The van der Waals surface area contributed by atoms with Crippen LogP contribution in [0.15, 0.2) is 29.2 Å². The summed E-state index contributed by atoms with van der Waals surface area (Å²) in [4.78, 5) is 11.8. The molecule has 0 bridgehead atoms. The van der Waals surface area contributed by atoms with Crippen molar-refractivity contribution in [3.05, 3.63) is 29.8 Å². The topological polar surface area (TPSA) is 38.3 Å². The average Bonchev–Trinajstić information content (AvgIpc) is 2.44. The second-order valence-corrected chi connectivity index (χ2v) is 4.48. The predicted molar refractivity (Wildman–Crippen MR) is 82.9 cm³/mol. The number of methoxy groups -OCH3 is 1. The van der Waals surface area contributed by atoms with Crippen molar-refractivity contribution >= 4 is 17.9 Å². The third kappa shape index (κ3) is 12.8. The molecule has 0 saturated heterocycles. The fourth-order valence-electron chi connectivity index (χ4n) is 0.857. The van der Waals surface area contributed by atoms with Crippen molar-refractivity contribution in [2.75, 3.05) is 13.7 Å². The molecule has 0 heterocycles. The Balaban J connectivity index is 0. The van der Waals surface area contributed by atoms with Crippen LogP contribution in [0, 0.1) is 19.8 Å². The molecule has 0 aliphatic carbocycles. The van der Waals surface area contributed by atoms with Gasteiger partial charge in [0.1, 0.15) is 6.54 Å². The Hall–Kier alpha value is -1.44. The highest BCUT2D eigenvalue weighted by Crippen LogP contribution is 2.14. The maximum atomic E-state index is 10.8. The van der Waals surface area contributed by atoms with Gasteiger partial charge in [-0.1, -0.05) is 38.0 Å². The van der Waals surface area contributed by atoms with Gasteiger partial charge in [-0.15, -0.1) is 12.8 Å². The molecule has 0 aromatic heterocycles. The molecule has 0 aliphatic rings. The van der Waals surface area contributed by atoms with E-state index in [0.29, 0.717) is 0 Å². The van der Waals surface area contributed by atoms with Gasteiger partial charge >= 0.3 is 5.97 Å². The number of hydrogen-bond acceptors (Lipinski definition) is 4. The van der Waals surface area contributed by atoms with Gasteiger partial charge in [-0.3, -0.25) is 4.79 Å². The summed E-state index contributed by atoms with van der Waals surface area (Å²) in [6, 6.07) is 8.07. The normalized spacial score (nSPS) is 8.32. The van der Waals surface area contributed by atoms with E-state index in [1.165, 1.54) is 31.0 Å². The first-order chi connectivity index (χ1) is 9.13. The zero-order valence-corrected chi connectivity index (χ0v) is 12.9. The Bertz CT molecular complexity index is 347. The van der Waals surface area contributed by atoms with E-state index < -0.39 is 0 Å². The number of esters is 1. The monoisotopic (exact) mass is 281 g/mol. The van der Waals surface area contributed by atoms with Crippen LogP contribution in [0.4, 0.5) is 0 Å². The molecule has 1 aromatic carbocycles. The molecule has 0 fully saturated rings. The number of carbonyl (C=O) groups excluding carboxylic acids is 1. The lowest BCUT2D eigenvalue weighted by molar-refractivity contribution is -0.139. The van der Waals surface area contributed by atoms with Gasteiger partial charge in [-0.2, -0.15) is 0 Å². The lowest BCUT2D eigenvalue weighted by Crippen LogP contribution is -2.17. The highest BCUT2D eigenvalue weighted by Gasteiger charge is 1.99. The second kappa shape index (κ2) is 14.6. The number of ether oxygens (including phenoxy) is 1. The van der Waals surface area contributed by atoms with E-state index in [2.05, 4.69) is 36.2 Å². The summed E-state index contributed by atoms with van der Waals surface area (Å²) in [5.74, 6) is -0.260. The second-order valence-electron chi connectivity index (χ2n) is 3.52. The maximum absolute atomic E-state index is 10.8. The number of aryl methyl sites for hydroxylation is 1. The van der Waals surface area contributed by atoms with Gasteiger partial charge in [0.05, 0.1) is 7.11 Å². The summed E-state index contributed by atoms with van der Waals surface area (Å²) in [5, 5.41) is 0. The number of rotatable bonds is 4. The fourth-order valence-corrected chi connectivity index (χ4v) is 1.49. The van der Waals surface area contributed by atoms with Crippen molar-refractivity contribution in [1.82, 2.24) is 4.72 Å². The van der Waals surface area contributed by atoms with Crippen molar-refractivity contribution in [1.29, 1.82) is 0 Å². The quantitative estimate of drug-likeness (QED) is 0.521. The molecule has 3 nitrogen and oxygen atoms in total. The Morgan fingerprint density at radius 3 is 2.16 bits per heavy atom. The summed E-state index contributed by atoms with van der Waals surface area (Å²) >= 11 is 1.42. The first kappa shape index (κ1) is 19.9. The molecule has 0 spiro atoms. The molecular weight excluding hydrogens is 258 g/mol. The number of benzene rings is 1. The van der Waals surface area contributed by atoms with E-state index in [1.54, 1.807) is 0 Å². The number of carbonyl (C=O) groups is 1. The first-order valence-electron chi connectivity index (χ1n) is 6.00. The van der Waals surface area contributed by atoms with Crippen molar-refractivity contribution in [2.24, 2.45) is 0 Å². The summed E-state index contributed by atoms with van der Waals surface area (Å²) in [6.45, 7) is 6.51. The van der Waals surface area contributed by atoms with Crippen LogP contribution < -0.4 is 4.72 Å². The smallest absolute Gasteiger partial charge is 0.320 e. The summed E-state index contributed by atoms with van der Waals surface area (Å²) < 4.78 is 7.41. The van der Waals surface area contributed by atoms with Crippen LogP contribution in [-0.4, -0.2) is 19.6 Å². The lowest BCUT2D eigenvalue weighted by Gasteiger charge is -2.02. The van der Waals surface area contributed by atoms with Crippen LogP contribution in [0.25, 0.3) is 0 Å². The highest BCUT2D eigenvalue weighted by atomic mass is 32.2. The molecule has 1 aromatic rings. The molecule has 0 saturated carbocycles. The van der Waals surface area contributed by atoms with Gasteiger partial charge < -0.3 is 4.74 Å². The van der Waals surface area contributed by atoms with Crippen LogP contribution in [0.2, 0.25) is 0 Å². The van der Waals surface area contributed by atoms with Gasteiger partial charge in [0.15, 0.2) is 0 Å². The van der Waals surface area contributed by atoms with Crippen molar-refractivity contribution in [3.8, 4) is 12.8 Å². The molecular formula is C15H23NO2S. The Labute approximate surface area is 121 Å². The Kier molecular flexibility index (Phi) is 15.3. The number of terminal acetylenes is 1. The highest BCUT2D eigenvalue weighted by molar-refractivity contribution is 7.97. The van der Waals surface area contributed by atoms with Gasteiger partial charge in [0.2, 0.25) is 0 Å². The zero-order valence-electron chi connectivity index (χ0n) is 12.1. The van der Waals surface area contributed by atoms with Crippen LogP contribution in [0.1, 0.15) is 25.8 Å². The third-order valence-corrected chi connectivity index (χ3v) is 2.45. The lowest BCUT2D eigenvalue weighted by atomic mass is 10.2. The minimum Gasteiger partial charge on any atom is -0.468 e. The fraction of sp³-hybridized carbons (Fsp3) is 0.400. The largest absolute Gasteiger partial charge is 0.468 e. The summed E-state index contributed by atoms with van der Waals surface area (Å²) in [7, 11) is 1.38. The SMILES string of the molecule is C#C.CCC.COC(=O)CNSc1ccc(C)cc1. The van der Waals surface area contributed by atoms with Crippen molar-refractivity contribution in [2.45, 2.75) is 32.1 Å². The maximum Gasteiger partial charge on any atom is 0.320 e. The van der Waals surface area contributed by atoms with E-state index in [0.717, 1.165) is 4.90 Å².